The molecule has 3 aromatic carbocycles. The summed E-state index contributed by atoms with van der Waals surface area (Å²) in [6, 6.07) is 16.2. The van der Waals surface area contributed by atoms with E-state index in [-0.39, 0.29) is 5.75 Å². The summed E-state index contributed by atoms with van der Waals surface area (Å²) in [5.74, 6) is 1.03. The van der Waals surface area contributed by atoms with Crippen LogP contribution in [0.2, 0.25) is 0 Å². The lowest BCUT2D eigenvalue weighted by atomic mass is 9.78. The molecular formula is C21H16Br4O4P+. The van der Waals surface area contributed by atoms with E-state index in [0.29, 0.717) is 20.4 Å². The molecule has 0 aromatic heterocycles. The quantitative estimate of drug-likeness (QED) is 0.209. The Morgan fingerprint density at radius 3 is 1.73 bits per heavy atom. The zero-order valence-corrected chi connectivity index (χ0v) is 23.1. The molecule has 9 heteroatoms. The number of hydrogen-bond donors (Lipinski definition) is 1. The van der Waals surface area contributed by atoms with E-state index in [4.69, 9.17) is 9.05 Å². The van der Waals surface area contributed by atoms with Crippen molar-refractivity contribution in [2.24, 2.45) is 0 Å². The second kappa shape index (κ2) is 9.70. The third-order valence-corrected chi connectivity index (χ3v) is 9.46. The fraction of sp³-hybridized carbons (Fsp3) is 0.143. The highest BCUT2D eigenvalue weighted by atomic mass is 79.9. The van der Waals surface area contributed by atoms with Crippen LogP contribution in [0.1, 0.15) is 25.0 Å². The molecule has 156 valence electrons. The van der Waals surface area contributed by atoms with Gasteiger partial charge in [-0.25, -0.2) is 9.05 Å². The molecule has 0 saturated heterocycles. The van der Waals surface area contributed by atoms with Crippen molar-refractivity contribution in [2.75, 3.05) is 0 Å². The normalized spacial score (nSPS) is 11.9. The van der Waals surface area contributed by atoms with Crippen molar-refractivity contribution < 1.29 is 18.7 Å². The second-order valence-electron chi connectivity index (χ2n) is 6.85. The molecule has 0 aliphatic carbocycles. The second-order valence-corrected chi connectivity index (χ2v) is 10.8. The summed E-state index contributed by atoms with van der Waals surface area (Å²) in [6.45, 7) is 4.14. The predicted octanol–water partition coefficient (Wildman–Crippen LogP) is 8.88. The number of benzene rings is 3. The van der Waals surface area contributed by atoms with Gasteiger partial charge in [0.15, 0.2) is 11.5 Å². The molecule has 30 heavy (non-hydrogen) atoms. The molecular weight excluding hydrogens is 667 g/mol. The lowest BCUT2D eigenvalue weighted by Gasteiger charge is -2.30. The van der Waals surface area contributed by atoms with Gasteiger partial charge in [-0.3, -0.25) is 0 Å². The van der Waals surface area contributed by atoms with Gasteiger partial charge >= 0.3 is 8.25 Å². The first-order chi connectivity index (χ1) is 14.1. The van der Waals surface area contributed by atoms with Gasteiger partial charge < -0.3 is 5.11 Å². The fourth-order valence-electron chi connectivity index (χ4n) is 2.92. The van der Waals surface area contributed by atoms with E-state index in [2.05, 4.69) is 77.6 Å². The Morgan fingerprint density at radius 2 is 1.23 bits per heavy atom. The molecule has 0 heterocycles. The molecule has 0 saturated carbocycles. The molecule has 1 unspecified atom stereocenters. The molecule has 3 rings (SSSR count). The van der Waals surface area contributed by atoms with Gasteiger partial charge in [0.1, 0.15) is 5.75 Å². The molecule has 0 aliphatic rings. The molecule has 1 N–H and O–H groups in total. The van der Waals surface area contributed by atoms with Gasteiger partial charge in [0, 0.05) is 18.9 Å². The maximum absolute atomic E-state index is 12.1. The van der Waals surface area contributed by atoms with Crippen LogP contribution < -0.4 is 9.05 Å². The van der Waals surface area contributed by atoms with E-state index in [0.717, 1.165) is 20.1 Å². The van der Waals surface area contributed by atoms with Crippen LogP contribution in [0.3, 0.4) is 0 Å². The van der Waals surface area contributed by atoms with E-state index in [9.17, 15) is 9.67 Å². The van der Waals surface area contributed by atoms with Gasteiger partial charge in [-0.2, -0.15) is 0 Å². The van der Waals surface area contributed by atoms with Crippen molar-refractivity contribution in [3.63, 3.8) is 0 Å². The van der Waals surface area contributed by atoms with E-state index in [1.807, 2.05) is 18.2 Å². The molecule has 0 amide bonds. The molecule has 1 atom stereocenters. The van der Waals surface area contributed by atoms with E-state index < -0.39 is 13.7 Å². The van der Waals surface area contributed by atoms with Crippen molar-refractivity contribution in [1.29, 1.82) is 0 Å². The van der Waals surface area contributed by atoms with Gasteiger partial charge in [0.25, 0.3) is 0 Å². The van der Waals surface area contributed by atoms with Crippen LogP contribution in [0.25, 0.3) is 0 Å². The van der Waals surface area contributed by atoms with E-state index in [1.165, 1.54) is 0 Å². The Hall–Kier alpha value is -0.920. The molecule has 0 bridgehead atoms. The van der Waals surface area contributed by atoms with Crippen LogP contribution in [0.4, 0.5) is 0 Å². The minimum Gasteiger partial charge on any atom is -0.505 e. The van der Waals surface area contributed by atoms with Crippen molar-refractivity contribution in [3.8, 4) is 17.2 Å². The summed E-state index contributed by atoms with van der Waals surface area (Å²) in [7, 11) is -2.34. The minimum atomic E-state index is -2.34. The highest BCUT2D eigenvalue weighted by Gasteiger charge is 2.32. The average molecular weight is 683 g/mol. The summed E-state index contributed by atoms with van der Waals surface area (Å²) < 4.78 is 25.5. The summed E-state index contributed by atoms with van der Waals surface area (Å²) in [6.07, 6.45) is 0. The van der Waals surface area contributed by atoms with Crippen LogP contribution in [-0.2, 0) is 9.98 Å². The monoisotopic (exact) mass is 679 g/mol. The molecule has 0 aliphatic heterocycles. The van der Waals surface area contributed by atoms with Crippen LogP contribution >= 0.6 is 72.0 Å². The van der Waals surface area contributed by atoms with Gasteiger partial charge in [0.2, 0.25) is 0 Å². The Bertz CT molecular complexity index is 1060. The third-order valence-electron chi connectivity index (χ3n) is 4.54. The Morgan fingerprint density at radius 1 is 0.767 bits per heavy atom. The number of halogens is 4. The summed E-state index contributed by atoms with van der Waals surface area (Å²) in [5.41, 5.74) is 1.52. The number of hydrogen-bond acceptors (Lipinski definition) is 4. The minimum absolute atomic E-state index is 0.110. The summed E-state index contributed by atoms with van der Waals surface area (Å²) >= 11 is 14.0. The first-order valence-electron chi connectivity index (χ1n) is 8.67. The van der Waals surface area contributed by atoms with Gasteiger partial charge in [-0.15, -0.1) is 0 Å². The maximum Gasteiger partial charge on any atom is 0.805 e. The molecule has 3 aromatic rings. The smallest absolute Gasteiger partial charge is 0.505 e. The van der Waals surface area contributed by atoms with Crippen molar-refractivity contribution in [3.05, 3.63) is 83.6 Å². The van der Waals surface area contributed by atoms with Gasteiger partial charge in [-0.05, 0) is 99.1 Å². The molecule has 4 nitrogen and oxygen atoms in total. The standard InChI is InChI=1S/C21H15Br4O4P/c1-21(2,15-16(22)18(24)20(26)19(25)17(15)23)12-8-10-14(11-9-12)29-30(27)28-13-6-4-3-5-7-13/h3-11H,1-2H3/p+1. The number of para-hydroxylation sites is 1. The summed E-state index contributed by atoms with van der Waals surface area (Å²) in [5, 5.41) is 10.2. The fourth-order valence-corrected chi connectivity index (χ4v) is 6.63. The highest BCUT2D eigenvalue weighted by molar-refractivity contribution is 9.14. The Labute approximate surface area is 209 Å². The zero-order chi connectivity index (χ0) is 22.1. The van der Waals surface area contributed by atoms with Crippen molar-refractivity contribution in [2.45, 2.75) is 19.3 Å². The number of phenols is 1. The summed E-state index contributed by atoms with van der Waals surface area (Å²) in [4.78, 5) is 0. The van der Waals surface area contributed by atoms with E-state index >= 15 is 0 Å². The topological polar surface area (TPSA) is 55.8 Å². The van der Waals surface area contributed by atoms with E-state index in [1.54, 1.807) is 36.4 Å². The average Bonchev–Trinajstić information content (AvgIpc) is 2.72. The van der Waals surface area contributed by atoms with Crippen LogP contribution in [0.5, 0.6) is 17.2 Å². The predicted molar refractivity (Wildman–Crippen MR) is 133 cm³/mol. The van der Waals surface area contributed by atoms with Crippen LogP contribution in [0.15, 0.2) is 72.5 Å². The maximum atomic E-state index is 12.1. The molecule has 0 spiro atoms. The third kappa shape index (κ3) is 4.94. The van der Waals surface area contributed by atoms with Crippen molar-refractivity contribution in [1.82, 2.24) is 0 Å². The number of phenolic OH excluding ortho intramolecular Hbond substituents is 1. The zero-order valence-electron chi connectivity index (χ0n) is 15.8. The van der Waals surface area contributed by atoms with Crippen LogP contribution in [0, 0.1) is 0 Å². The lowest BCUT2D eigenvalue weighted by Crippen LogP contribution is -2.20. The Balaban J connectivity index is 1.85. The largest absolute Gasteiger partial charge is 0.805 e. The van der Waals surface area contributed by atoms with Crippen LogP contribution in [-0.4, -0.2) is 5.11 Å². The molecule has 0 fully saturated rings. The highest BCUT2D eigenvalue weighted by Crippen LogP contribution is 2.51. The number of rotatable bonds is 6. The number of aromatic hydroxyl groups is 1. The van der Waals surface area contributed by atoms with Crippen molar-refractivity contribution >= 4 is 72.0 Å². The first-order valence-corrected chi connectivity index (χ1v) is 12.9. The van der Waals surface area contributed by atoms with Gasteiger partial charge in [-0.1, -0.05) is 44.2 Å². The lowest BCUT2D eigenvalue weighted by molar-refractivity contribution is 0.415. The van der Waals surface area contributed by atoms with Gasteiger partial charge in [0.05, 0.1) is 8.95 Å². The Kier molecular flexibility index (Phi) is 7.67. The SMILES string of the molecule is CC(C)(c1ccc(O[P+](=O)Oc2ccccc2)cc1)c1c(Br)c(Br)c(O)c(Br)c1Br. The molecule has 0 radical (unpaired) electrons. The first kappa shape index (κ1) is 23.7.